The first-order chi connectivity index (χ1) is 9.13. The summed E-state index contributed by atoms with van der Waals surface area (Å²) in [5.41, 5.74) is 0.721. The molecule has 0 aromatic heterocycles. The number of unbranched alkanes of at least 4 members (excludes halogenated alkanes) is 1. The number of nitrogens with zero attached hydrogens (tertiary/aromatic N) is 3. The fraction of sp³-hybridized carbons (Fsp3) is 0.500. The summed E-state index contributed by atoms with van der Waals surface area (Å²) in [6, 6.07) is 8.16. The van der Waals surface area contributed by atoms with Crippen LogP contribution in [0.4, 0.5) is 5.69 Å². The van der Waals surface area contributed by atoms with E-state index < -0.39 is 11.0 Å². The minimum absolute atomic E-state index is 0.0318. The Morgan fingerprint density at radius 3 is 2.74 bits per heavy atom. The zero-order valence-electron chi connectivity index (χ0n) is 11.4. The highest BCUT2D eigenvalue weighted by molar-refractivity contribution is 5.37. The Labute approximate surface area is 113 Å². The molecule has 0 saturated carbocycles. The van der Waals surface area contributed by atoms with Gasteiger partial charge in [0.2, 0.25) is 0 Å². The number of nitro benzene ring substituents is 1. The Kier molecular flexibility index (Phi) is 5.97. The van der Waals surface area contributed by atoms with Crippen molar-refractivity contribution in [1.29, 1.82) is 5.26 Å². The van der Waals surface area contributed by atoms with Gasteiger partial charge in [0.1, 0.15) is 6.04 Å². The molecule has 0 amide bonds. The van der Waals surface area contributed by atoms with Crippen molar-refractivity contribution in [2.45, 2.75) is 32.7 Å². The molecule has 0 heterocycles. The van der Waals surface area contributed by atoms with E-state index in [9.17, 15) is 15.4 Å². The Hall–Kier alpha value is -1.93. The lowest BCUT2D eigenvalue weighted by atomic mass is 10.1. The van der Waals surface area contributed by atoms with Crippen LogP contribution in [0.15, 0.2) is 24.3 Å². The van der Waals surface area contributed by atoms with Crippen molar-refractivity contribution < 1.29 is 4.92 Å². The molecule has 0 fully saturated rings. The normalized spacial score (nSPS) is 12.1. The van der Waals surface area contributed by atoms with Crippen LogP contribution in [0.5, 0.6) is 0 Å². The standard InChI is InChI=1S/C14H19N3O2/c1-3-5-9-16(4-2)14(11-15)12-7-6-8-13(10-12)17(18)19/h6-8,10,14H,3-5,9H2,1-2H3. The van der Waals surface area contributed by atoms with Crippen LogP contribution in [0.3, 0.4) is 0 Å². The van der Waals surface area contributed by atoms with Gasteiger partial charge in [-0.1, -0.05) is 32.4 Å². The third kappa shape index (κ3) is 4.04. The van der Waals surface area contributed by atoms with E-state index in [0.29, 0.717) is 5.56 Å². The highest BCUT2D eigenvalue weighted by atomic mass is 16.6. The summed E-state index contributed by atoms with van der Waals surface area (Å²) in [5, 5.41) is 20.1. The van der Waals surface area contributed by atoms with Crippen LogP contribution < -0.4 is 0 Å². The number of benzene rings is 1. The molecule has 1 unspecified atom stereocenters. The van der Waals surface area contributed by atoms with Gasteiger partial charge in [-0.05, 0) is 25.1 Å². The molecule has 1 aromatic rings. The minimum atomic E-state index is -0.430. The third-order valence-corrected chi connectivity index (χ3v) is 3.09. The van der Waals surface area contributed by atoms with E-state index in [2.05, 4.69) is 13.0 Å². The monoisotopic (exact) mass is 261 g/mol. The van der Waals surface area contributed by atoms with E-state index >= 15 is 0 Å². The van der Waals surface area contributed by atoms with Gasteiger partial charge in [0.25, 0.3) is 5.69 Å². The van der Waals surface area contributed by atoms with E-state index in [1.807, 2.05) is 11.8 Å². The van der Waals surface area contributed by atoms with Crippen LogP contribution in [0.1, 0.15) is 38.3 Å². The maximum absolute atomic E-state index is 10.8. The number of nitriles is 1. The first-order valence-electron chi connectivity index (χ1n) is 6.52. The summed E-state index contributed by atoms with van der Waals surface area (Å²) in [6.45, 7) is 5.68. The topological polar surface area (TPSA) is 70.2 Å². The molecule has 19 heavy (non-hydrogen) atoms. The van der Waals surface area contributed by atoms with Crippen molar-refractivity contribution >= 4 is 5.69 Å². The number of rotatable bonds is 7. The van der Waals surface area contributed by atoms with E-state index in [-0.39, 0.29) is 5.69 Å². The van der Waals surface area contributed by atoms with Crippen LogP contribution in [0.2, 0.25) is 0 Å². The summed E-state index contributed by atoms with van der Waals surface area (Å²) in [4.78, 5) is 12.4. The fourth-order valence-electron chi connectivity index (χ4n) is 2.01. The van der Waals surface area contributed by atoms with E-state index in [0.717, 1.165) is 25.9 Å². The molecule has 0 aliphatic carbocycles. The second-order valence-electron chi connectivity index (χ2n) is 4.37. The van der Waals surface area contributed by atoms with Gasteiger partial charge >= 0.3 is 0 Å². The van der Waals surface area contributed by atoms with Gasteiger partial charge in [-0.25, -0.2) is 0 Å². The highest BCUT2D eigenvalue weighted by Gasteiger charge is 2.20. The van der Waals surface area contributed by atoms with E-state index in [1.54, 1.807) is 12.1 Å². The van der Waals surface area contributed by atoms with Gasteiger partial charge in [-0.2, -0.15) is 5.26 Å². The number of hydrogen-bond donors (Lipinski definition) is 0. The average Bonchev–Trinajstić information content (AvgIpc) is 2.43. The van der Waals surface area contributed by atoms with Gasteiger partial charge in [0.05, 0.1) is 11.0 Å². The molecule has 5 heteroatoms. The molecule has 0 N–H and O–H groups in total. The quantitative estimate of drug-likeness (QED) is 0.558. The maximum atomic E-state index is 10.8. The van der Waals surface area contributed by atoms with Crippen molar-refractivity contribution in [3.8, 4) is 6.07 Å². The van der Waals surface area contributed by atoms with E-state index in [4.69, 9.17) is 0 Å². The summed E-state index contributed by atoms with van der Waals surface area (Å²) in [5.74, 6) is 0. The lowest BCUT2D eigenvalue weighted by Gasteiger charge is -2.25. The molecule has 0 aliphatic heterocycles. The third-order valence-electron chi connectivity index (χ3n) is 3.09. The first-order valence-corrected chi connectivity index (χ1v) is 6.52. The van der Waals surface area contributed by atoms with Crippen LogP contribution >= 0.6 is 0 Å². The Morgan fingerprint density at radius 2 is 2.21 bits per heavy atom. The zero-order valence-corrected chi connectivity index (χ0v) is 11.4. The molecule has 102 valence electrons. The largest absolute Gasteiger partial charge is 0.285 e. The maximum Gasteiger partial charge on any atom is 0.269 e. The van der Waals surface area contributed by atoms with Gasteiger partial charge in [-0.3, -0.25) is 15.0 Å². The van der Waals surface area contributed by atoms with Gasteiger partial charge in [-0.15, -0.1) is 0 Å². The average molecular weight is 261 g/mol. The smallest absolute Gasteiger partial charge is 0.269 e. The number of nitro groups is 1. The lowest BCUT2D eigenvalue weighted by molar-refractivity contribution is -0.384. The van der Waals surface area contributed by atoms with Crippen LogP contribution in [0.25, 0.3) is 0 Å². The summed E-state index contributed by atoms with van der Waals surface area (Å²) < 4.78 is 0. The summed E-state index contributed by atoms with van der Waals surface area (Å²) in [7, 11) is 0. The molecule has 5 nitrogen and oxygen atoms in total. The molecule has 1 rings (SSSR count). The SMILES string of the molecule is CCCCN(CC)C(C#N)c1cccc([N+](=O)[O-])c1. The van der Waals surface area contributed by atoms with Crippen LogP contribution in [-0.2, 0) is 0 Å². The Bertz CT molecular complexity index is 468. The van der Waals surface area contributed by atoms with Gasteiger partial charge in [0, 0.05) is 12.1 Å². The summed E-state index contributed by atoms with van der Waals surface area (Å²) >= 11 is 0. The van der Waals surface area contributed by atoms with Crippen molar-refractivity contribution in [3.05, 3.63) is 39.9 Å². The first kappa shape index (κ1) is 15.1. The number of non-ortho nitro benzene ring substituents is 1. The van der Waals surface area contributed by atoms with Crippen molar-refractivity contribution in [2.24, 2.45) is 0 Å². The molecule has 1 aromatic carbocycles. The van der Waals surface area contributed by atoms with Gasteiger partial charge in [0.15, 0.2) is 0 Å². The van der Waals surface area contributed by atoms with Crippen LogP contribution in [-0.4, -0.2) is 22.9 Å². The lowest BCUT2D eigenvalue weighted by Crippen LogP contribution is -2.28. The highest BCUT2D eigenvalue weighted by Crippen LogP contribution is 2.24. The Morgan fingerprint density at radius 1 is 1.47 bits per heavy atom. The molecular weight excluding hydrogens is 242 g/mol. The fourth-order valence-corrected chi connectivity index (χ4v) is 2.01. The van der Waals surface area contributed by atoms with Crippen LogP contribution in [0, 0.1) is 21.4 Å². The second-order valence-corrected chi connectivity index (χ2v) is 4.37. The van der Waals surface area contributed by atoms with Gasteiger partial charge < -0.3 is 0 Å². The Balaban J connectivity index is 2.98. The molecule has 0 aliphatic rings. The molecule has 0 bridgehead atoms. The predicted octanol–water partition coefficient (Wildman–Crippen LogP) is 3.28. The molecule has 0 radical (unpaired) electrons. The molecule has 0 spiro atoms. The second kappa shape index (κ2) is 7.49. The zero-order chi connectivity index (χ0) is 14.3. The minimum Gasteiger partial charge on any atom is -0.285 e. The molecule has 1 atom stereocenters. The van der Waals surface area contributed by atoms with Crippen molar-refractivity contribution in [3.63, 3.8) is 0 Å². The van der Waals surface area contributed by atoms with E-state index in [1.165, 1.54) is 12.1 Å². The van der Waals surface area contributed by atoms with Crippen molar-refractivity contribution in [2.75, 3.05) is 13.1 Å². The molecular formula is C14H19N3O2. The van der Waals surface area contributed by atoms with Crippen molar-refractivity contribution in [1.82, 2.24) is 4.90 Å². The predicted molar refractivity (Wildman–Crippen MR) is 73.6 cm³/mol. The summed E-state index contributed by atoms with van der Waals surface area (Å²) in [6.07, 6.45) is 2.07. The molecule has 0 saturated heterocycles. The number of hydrogen-bond acceptors (Lipinski definition) is 4.